The summed E-state index contributed by atoms with van der Waals surface area (Å²) in [6.07, 6.45) is 0. The number of halogens is 2. The quantitative estimate of drug-likeness (QED) is 0.878. The van der Waals surface area contributed by atoms with Gasteiger partial charge < -0.3 is 5.73 Å². The number of hydrogen-bond donors (Lipinski definition) is 1. The highest BCUT2D eigenvalue weighted by Crippen LogP contribution is 2.20. The Morgan fingerprint density at radius 2 is 1.95 bits per heavy atom. The molecule has 5 heteroatoms. The number of benzene rings is 2. The van der Waals surface area contributed by atoms with Gasteiger partial charge in [-0.1, -0.05) is 12.1 Å². The van der Waals surface area contributed by atoms with Crippen molar-refractivity contribution in [2.45, 2.75) is 17.6 Å². The van der Waals surface area contributed by atoms with Gasteiger partial charge in [0, 0.05) is 16.1 Å². The molecule has 2 nitrogen and oxygen atoms in total. The fourth-order valence-electron chi connectivity index (χ4n) is 1.67. The maximum absolute atomic E-state index is 13.5. The number of aryl methyl sites for hydroxylation is 1. The predicted molar refractivity (Wildman–Crippen MR) is 72.1 cm³/mol. The van der Waals surface area contributed by atoms with Crippen LogP contribution in [0.15, 0.2) is 41.3 Å². The molecule has 0 saturated heterocycles. The van der Waals surface area contributed by atoms with Gasteiger partial charge in [0.25, 0.3) is 0 Å². The smallest absolute Gasteiger partial charge is 0.162 e. The first kappa shape index (κ1) is 13.7. The van der Waals surface area contributed by atoms with Crippen molar-refractivity contribution in [3.63, 3.8) is 0 Å². The van der Waals surface area contributed by atoms with E-state index in [9.17, 15) is 13.0 Å². The van der Waals surface area contributed by atoms with Crippen LogP contribution in [0.5, 0.6) is 0 Å². The summed E-state index contributed by atoms with van der Waals surface area (Å²) in [5.41, 5.74) is 7.20. The molecule has 0 amide bonds. The monoisotopic (exact) mass is 281 g/mol. The number of nitrogens with two attached hydrogens (primary N) is 1. The molecule has 19 heavy (non-hydrogen) atoms. The van der Waals surface area contributed by atoms with Gasteiger partial charge in [-0.15, -0.1) is 0 Å². The van der Waals surface area contributed by atoms with Gasteiger partial charge in [-0.25, -0.2) is 8.78 Å². The molecule has 0 saturated carbocycles. The highest BCUT2D eigenvalue weighted by Gasteiger charge is 2.12. The van der Waals surface area contributed by atoms with Gasteiger partial charge in [-0.3, -0.25) is 4.21 Å². The minimum Gasteiger partial charge on any atom is -0.399 e. The van der Waals surface area contributed by atoms with E-state index in [-0.39, 0.29) is 11.3 Å². The highest BCUT2D eigenvalue weighted by molar-refractivity contribution is 7.84. The summed E-state index contributed by atoms with van der Waals surface area (Å²) in [5.74, 6) is -1.93. The lowest BCUT2D eigenvalue weighted by atomic mass is 10.2. The molecule has 0 aliphatic rings. The van der Waals surface area contributed by atoms with Crippen LogP contribution in [0.4, 0.5) is 14.5 Å². The van der Waals surface area contributed by atoms with Crippen molar-refractivity contribution < 1.29 is 13.0 Å². The molecule has 2 rings (SSSR count). The number of hydrogen-bond acceptors (Lipinski definition) is 2. The van der Waals surface area contributed by atoms with Gasteiger partial charge in [0.05, 0.1) is 16.6 Å². The Kier molecular flexibility index (Phi) is 3.95. The summed E-state index contributed by atoms with van der Waals surface area (Å²) in [5, 5.41) is 0. The Labute approximate surface area is 112 Å². The minimum atomic E-state index is -1.43. The maximum Gasteiger partial charge on any atom is 0.162 e. The maximum atomic E-state index is 13.5. The average Bonchev–Trinajstić information content (AvgIpc) is 2.38. The Bertz CT molecular complexity index is 643. The molecule has 0 spiro atoms. The molecule has 100 valence electrons. The van der Waals surface area contributed by atoms with Crippen molar-refractivity contribution in [3.05, 3.63) is 59.2 Å². The Morgan fingerprint density at radius 1 is 1.21 bits per heavy atom. The van der Waals surface area contributed by atoms with Crippen LogP contribution in [0, 0.1) is 18.6 Å². The summed E-state index contributed by atoms with van der Waals surface area (Å²) < 4.78 is 38.7. The van der Waals surface area contributed by atoms with Crippen LogP contribution in [0.2, 0.25) is 0 Å². The van der Waals surface area contributed by atoms with Crippen molar-refractivity contribution in [3.8, 4) is 0 Å². The van der Waals surface area contributed by atoms with Crippen molar-refractivity contribution >= 4 is 16.5 Å². The van der Waals surface area contributed by atoms with E-state index in [1.165, 1.54) is 12.1 Å². The molecule has 0 bridgehead atoms. The van der Waals surface area contributed by atoms with Crippen molar-refractivity contribution in [2.24, 2.45) is 0 Å². The standard InChI is InChI=1S/C14H13F2NOS/c1-9-7-11(5-6-13(9)17)19(18)8-10-3-2-4-12(15)14(10)16/h2-7H,8,17H2,1H3. The molecule has 1 unspecified atom stereocenters. The summed E-state index contributed by atoms with van der Waals surface area (Å²) in [7, 11) is -1.43. The van der Waals surface area contributed by atoms with E-state index in [4.69, 9.17) is 5.73 Å². The minimum absolute atomic E-state index is 0.0625. The van der Waals surface area contributed by atoms with E-state index in [1.54, 1.807) is 25.1 Å². The van der Waals surface area contributed by atoms with Crippen LogP contribution in [0.25, 0.3) is 0 Å². The fourth-order valence-corrected chi connectivity index (χ4v) is 2.87. The van der Waals surface area contributed by atoms with Crippen LogP contribution in [0.3, 0.4) is 0 Å². The molecule has 0 aliphatic carbocycles. The molecule has 0 aliphatic heterocycles. The zero-order valence-electron chi connectivity index (χ0n) is 10.3. The average molecular weight is 281 g/mol. The van der Waals surface area contributed by atoms with Crippen LogP contribution >= 0.6 is 0 Å². The van der Waals surface area contributed by atoms with Gasteiger partial charge in [0.15, 0.2) is 11.6 Å². The number of anilines is 1. The molecule has 2 N–H and O–H groups in total. The first-order valence-electron chi connectivity index (χ1n) is 5.66. The lowest BCUT2D eigenvalue weighted by Crippen LogP contribution is -2.01. The van der Waals surface area contributed by atoms with Gasteiger partial charge in [0.2, 0.25) is 0 Å². The first-order chi connectivity index (χ1) is 8.99. The first-order valence-corrected chi connectivity index (χ1v) is 6.98. The second-order valence-corrected chi connectivity index (χ2v) is 5.67. The van der Waals surface area contributed by atoms with E-state index in [0.29, 0.717) is 10.6 Å². The largest absolute Gasteiger partial charge is 0.399 e. The molecular formula is C14H13F2NOS. The molecule has 0 aromatic heterocycles. The van der Waals surface area contributed by atoms with Crippen LogP contribution in [-0.2, 0) is 16.6 Å². The van der Waals surface area contributed by atoms with E-state index in [2.05, 4.69) is 0 Å². The fraction of sp³-hybridized carbons (Fsp3) is 0.143. The van der Waals surface area contributed by atoms with Crippen molar-refractivity contribution in [1.82, 2.24) is 0 Å². The van der Waals surface area contributed by atoms with Crippen LogP contribution < -0.4 is 5.73 Å². The molecule has 2 aromatic carbocycles. The Balaban J connectivity index is 2.26. The van der Waals surface area contributed by atoms with Gasteiger partial charge in [0.1, 0.15) is 0 Å². The van der Waals surface area contributed by atoms with E-state index in [0.717, 1.165) is 11.6 Å². The van der Waals surface area contributed by atoms with Gasteiger partial charge in [-0.05, 0) is 36.8 Å². The molecule has 0 radical (unpaired) electrons. The van der Waals surface area contributed by atoms with Gasteiger partial charge in [-0.2, -0.15) is 0 Å². The third kappa shape index (κ3) is 2.98. The molecule has 0 heterocycles. The summed E-state index contributed by atoms with van der Waals surface area (Å²) >= 11 is 0. The summed E-state index contributed by atoms with van der Waals surface area (Å²) in [6.45, 7) is 1.80. The van der Waals surface area contributed by atoms with E-state index in [1.807, 2.05) is 0 Å². The lowest BCUT2D eigenvalue weighted by Gasteiger charge is -2.06. The van der Waals surface area contributed by atoms with Gasteiger partial charge >= 0.3 is 0 Å². The topological polar surface area (TPSA) is 43.1 Å². The zero-order valence-corrected chi connectivity index (χ0v) is 11.1. The number of nitrogen functional groups attached to an aromatic ring is 1. The van der Waals surface area contributed by atoms with Crippen LogP contribution in [0.1, 0.15) is 11.1 Å². The SMILES string of the molecule is Cc1cc(S(=O)Cc2cccc(F)c2F)ccc1N. The van der Waals surface area contributed by atoms with E-state index < -0.39 is 22.4 Å². The second kappa shape index (κ2) is 5.48. The predicted octanol–water partition coefficient (Wildman–Crippen LogP) is 3.16. The summed E-state index contributed by atoms with van der Waals surface area (Å²) in [4.78, 5) is 0.551. The third-order valence-electron chi connectivity index (χ3n) is 2.82. The third-order valence-corrected chi connectivity index (χ3v) is 4.18. The lowest BCUT2D eigenvalue weighted by molar-refractivity contribution is 0.502. The molecule has 2 aromatic rings. The Morgan fingerprint density at radius 3 is 2.63 bits per heavy atom. The van der Waals surface area contributed by atoms with E-state index >= 15 is 0 Å². The summed E-state index contributed by atoms with van der Waals surface area (Å²) in [6, 6.07) is 8.86. The Hall–Kier alpha value is -1.75. The van der Waals surface area contributed by atoms with Crippen molar-refractivity contribution in [2.75, 3.05) is 5.73 Å². The second-order valence-electron chi connectivity index (χ2n) is 4.22. The normalized spacial score (nSPS) is 12.4. The molecule has 0 fully saturated rings. The van der Waals surface area contributed by atoms with Crippen LogP contribution in [-0.4, -0.2) is 4.21 Å². The molecule has 1 atom stereocenters. The number of rotatable bonds is 3. The zero-order chi connectivity index (χ0) is 14.0. The highest BCUT2D eigenvalue weighted by atomic mass is 32.2. The van der Waals surface area contributed by atoms with Crippen molar-refractivity contribution in [1.29, 1.82) is 0 Å². The molecular weight excluding hydrogens is 268 g/mol.